The van der Waals surface area contributed by atoms with Crippen molar-refractivity contribution in [3.63, 3.8) is 0 Å². The zero-order valence-corrected chi connectivity index (χ0v) is 18.0. The Morgan fingerprint density at radius 3 is 2.36 bits per heavy atom. The average Bonchev–Trinajstić information content (AvgIpc) is 2.85. The van der Waals surface area contributed by atoms with Crippen LogP contribution in [0.5, 0.6) is 0 Å². The predicted octanol–water partition coefficient (Wildman–Crippen LogP) is 3.50. The van der Waals surface area contributed by atoms with Crippen molar-refractivity contribution in [1.29, 1.82) is 0 Å². The number of piperazine rings is 1. The van der Waals surface area contributed by atoms with Crippen LogP contribution in [-0.2, 0) is 6.54 Å². The van der Waals surface area contributed by atoms with E-state index >= 15 is 0 Å². The number of nitrogens with zero attached hydrogens (tertiary/aromatic N) is 6. The zero-order valence-electron chi connectivity index (χ0n) is 18.0. The first-order valence-corrected chi connectivity index (χ1v) is 10.8. The van der Waals surface area contributed by atoms with Crippen LogP contribution in [0, 0.1) is 10.1 Å². The molecule has 0 amide bonds. The van der Waals surface area contributed by atoms with Gasteiger partial charge in [0.2, 0.25) is 0 Å². The molecule has 0 aliphatic carbocycles. The van der Waals surface area contributed by atoms with Gasteiger partial charge < -0.3 is 10.6 Å². The van der Waals surface area contributed by atoms with Gasteiger partial charge in [0.1, 0.15) is 17.5 Å². The van der Waals surface area contributed by atoms with Crippen LogP contribution in [0.2, 0.25) is 0 Å². The number of fused-ring (bicyclic) bond motifs is 1. The van der Waals surface area contributed by atoms with Gasteiger partial charge in [-0.3, -0.25) is 15.0 Å². The highest BCUT2D eigenvalue weighted by molar-refractivity contribution is 5.87. The van der Waals surface area contributed by atoms with Crippen LogP contribution in [0.3, 0.4) is 0 Å². The highest BCUT2D eigenvalue weighted by atomic mass is 16.6. The highest BCUT2D eigenvalue weighted by Crippen LogP contribution is 2.30. The van der Waals surface area contributed by atoms with Gasteiger partial charge in [0, 0.05) is 43.2 Å². The van der Waals surface area contributed by atoms with Crippen LogP contribution in [0.1, 0.15) is 5.82 Å². The molecule has 0 radical (unpaired) electrons. The number of nitrogens with two attached hydrogens (primary N) is 1. The molecule has 1 fully saturated rings. The molecule has 166 valence electrons. The third-order valence-corrected chi connectivity index (χ3v) is 5.84. The van der Waals surface area contributed by atoms with Gasteiger partial charge in [-0.15, -0.1) is 0 Å². The molecule has 4 aromatic rings. The standard InChI is InChI=1S/C24H23N7O2/c25-24-18-8-4-5-9-19(18)26-21(27-24)16-29-12-14-30(15-13-29)22-11-10-20(31(32)33)23(28-22)17-6-2-1-3-7-17/h1-11H,12-16H2,(H2,25,26,27). The number of hydrogen-bond acceptors (Lipinski definition) is 8. The molecule has 0 unspecified atom stereocenters. The summed E-state index contributed by atoms with van der Waals surface area (Å²) in [5.41, 5.74) is 8.10. The van der Waals surface area contributed by atoms with E-state index in [4.69, 9.17) is 5.73 Å². The maximum atomic E-state index is 11.5. The zero-order chi connectivity index (χ0) is 22.8. The Morgan fingerprint density at radius 2 is 1.61 bits per heavy atom. The molecule has 5 rings (SSSR count). The van der Waals surface area contributed by atoms with Crippen LogP contribution >= 0.6 is 0 Å². The number of aromatic nitrogens is 3. The summed E-state index contributed by atoms with van der Waals surface area (Å²) >= 11 is 0. The van der Waals surface area contributed by atoms with Crippen LogP contribution in [-0.4, -0.2) is 51.0 Å². The van der Waals surface area contributed by atoms with Gasteiger partial charge in [-0.05, 0) is 18.2 Å². The monoisotopic (exact) mass is 441 g/mol. The molecule has 0 bridgehead atoms. The predicted molar refractivity (Wildman–Crippen MR) is 128 cm³/mol. The van der Waals surface area contributed by atoms with Crippen LogP contribution in [0.25, 0.3) is 22.2 Å². The minimum absolute atomic E-state index is 0.00891. The Bertz CT molecular complexity index is 1300. The largest absolute Gasteiger partial charge is 0.383 e. The molecule has 33 heavy (non-hydrogen) atoms. The minimum atomic E-state index is -0.383. The first kappa shape index (κ1) is 20.8. The first-order valence-electron chi connectivity index (χ1n) is 10.8. The fourth-order valence-electron chi connectivity index (χ4n) is 4.13. The fourth-order valence-corrected chi connectivity index (χ4v) is 4.13. The van der Waals surface area contributed by atoms with Gasteiger partial charge in [-0.1, -0.05) is 42.5 Å². The molecule has 9 nitrogen and oxygen atoms in total. The van der Waals surface area contributed by atoms with E-state index < -0.39 is 0 Å². The number of hydrogen-bond donors (Lipinski definition) is 1. The van der Waals surface area contributed by atoms with Crippen molar-refractivity contribution in [3.8, 4) is 11.3 Å². The third kappa shape index (κ3) is 4.31. The molecule has 1 aliphatic heterocycles. The lowest BCUT2D eigenvalue weighted by Crippen LogP contribution is -2.46. The van der Waals surface area contributed by atoms with E-state index in [0.29, 0.717) is 23.9 Å². The molecule has 1 saturated heterocycles. The van der Waals surface area contributed by atoms with E-state index in [1.807, 2.05) is 54.6 Å². The van der Waals surface area contributed by atoms with Gasteiger partial charge in [0.25, 0.3) is 5.69 Å². The summed E-state index contributed by atoms with van der Waals surface area (Å²) in [6.07, 6.45) is 0. The van der Waals surface area contributed by atoms with Crippen LogP contribution in [0.15, 0.2) is 66.7 Å². The molecule has 2 aromatic heterocycles. The SMILES string of the molecule is Nc1nc(CN2CCN(c3ccc([N+](=O)[O-])c(-c4ccccc4)n3)CC2)nc2ccccc12. The average molecular weight is 441 g/mol. The normalized spacial score (nSPS) is 14.5. The maximum absolute atomic E-state index is 11.5. The third-order valence-electron chi connectivity index (χ3n) is 5.84. The van der Waals surface area contributed by atoms with Crippen LogP contribution < -0.4 is 10.6 Å². The fraction of sp³-hybridized carbons (Fsp3) is 0.208. The van der Waals surface area contributed by atoms with Crippen molar-refractivity contribution >= 4 is 28.2 Å². The molecule has 9 heteroatoms. The van der Waals surface area contributed by atoms with Gasteiger partial charge >= 0.3 is 0 Å². The highest BCUT2D eigenvalue weighted by Gasteiger charge is 2.23. The maximum Gasteiger partial charge on any atom is 0.295 e. The van der Waals surface area contributed by atoms with Crippen molar-refractivity contribution in [2.75, 3.05) is 36.8 Å². The van der Waals surface area contributed by atoms with Gasteiger partial charge in [-0.2, -0.15) is 0 Å². The van der Waals surface area contributed by atoms with E-state index in [2.05, 4.69) is 24.8 Å². The summed E-state index contributed by atoms with van der Waals surface area (Å²) in [6.45, 7) is 3.72. The molecule has 0 saturated carbocycles. The summed E-state index contributed by atoms with van der Waals surface area (Å²) in [6, 6.07) is 20.3. The van der Waals surface area contributed by atoms with E-state index in [0.717, 1.165) is 48.5 Å². The van der Waals surface area contributed by atoms with Crippen molar-refractivity contribution in [2.24, 2.45) is 0 Å². The number of anilines is 2. The van der Waals surface area contributed by atoms with Crippen molar-refractivity contribution in [2.45, 2.75) is 6.54 Å². The lowest BCUT2D eigenvalue weighted by molar-refractivity contribution is -0.384. The molecule has 2 N–H and O–H groups in total. The van der Waals surface area contributed by atoms with Gasteiger partial charge in [-0.25, -0.2) is 15.0 Å². The number of para-hydroxylation sites is 1. The Kier molecular flexibility index (Phi) is 5.54. The van der Waals surface area contributed by atoms with Gasteiger partial charge in [0.15, 0.2) is 5.69 Å². The number of benzene rings is 2. The van der Waals surface area contributed by atoms with E-state index in [1.54, 1.807) is 12.1 Å². The lowest BCUT2D eigenvalue weighted by atomic mass is 10.1. The molecule has 0 spiro atoms. The second-order valence-electron chi connectivity index (χ2n) is 7.97. The minimum Gasteiger partial charge on any atom is -0.383 e. The lowest BCUT2D eigenvalue weighted by Gasteiger charge is -2.35. The Labute approximate surface area is 190 Å². The summed E-state index contributed by atoms with van der Waals surface area (Å²) in [5.74, 6) is 1.95. The van der Waals surface area contributed by atoms with E-state index in [1.165, 1.54) is 0 Å². The number of nitrogen functional groups attached to an aromatic ring is 1. The summed E-state index contributed by atoms with van der Waals surface area (Å²) in [5, 5.41) is 12.4. The van der Waals surface area contributed by atoms with Gasteiger partial charge in [0.05, 0.1) is 17.0 Å². The summed E-state index contributed by atoms with van der Waals surface area (Å²) < 4.78 is 0. The second-order valence-corrected chi connectivity index (χ2v) is 7.97. The molecular formula is C24H23N7O2. The number of pyridine rings is 1. The molecular weight excluding hydrogens is 418 g/mol. The van der Waals surface area contributed by atoms with E-state index in [9.17, 15) is 10.1 Å². The summed E-state index contributed by atoms with van der Waals surface area (Å²) in [4.78, 5) is 29.4. The molecule has 2 aromatic carbocycles. The van der Waals surface area contributed by atoms with Crippen LogP contribution in [0.4, 0.5) is 17.3 Å². The Hall–Kier alpha value is -4.11. The molecule has 3 heterocycles. The quantitative estimate of drug-likeness (QED) is 0.370. The summed E-state index contributed by atoms with van der Waals surface area (Å²) in [7, 11) is 0. The Morgan fingerprint density at radius 1 is 0.879 bits per heavy atom. The first-order chi connectivity index (χ1) is 16.1. The molecule has 1 aliphatic rings. The van der Waals surface area contributed by atoms with E-state index in [-0.39, 0.29) is 10.6 Å². The van der Waals surface area contributed by atoms with Crippen molar-refractivity contribution < 1.29 is 4.92 Å². The number of rotatable bonds is 5. The van der Waals surface area contributed by atoms with Crippen molar-refractivity contribution in [3.05, 3.63) is 82.7 Å². The Balaban J connectivity index is 1.31. The number of nitro groups is 1. The van der Waals surface area contributed by atoms with Crippen molar-refractivity contribution in [1.82, 2.24) is 19.9 Å². The molecule has 0 atom stereocenters. The smallest absolute Gasteiger partial charge is 0.295 e. The second kappa shape index (κ2) is 8.79. The topological polar surface area (TPSA) is 114 Å².